The standard InChI is InChI=1S/C19H24N2O3/c1-3-6-19-10-20-8-18(2,17(19)22)9-21(11-19)16(20)13-4-5-14-15(7-13)24-12-23-14/h4-5,7,16H,3,6,8-12H2,1-2H3/p+2. The molecule has 5 aliphatic heterocycles. The van der Waals surface area contributed by atoms with E-state index in [9.17, 15) is 4.79 Å². The van der Waals surface area contributed by atoms with E-state index < -0.39 is 0 Å². The summed E-state index contributed by atoms with van der Waals surface area (Å²) in [6.07, 6.45) is 2.56. The number of nitrogens with one attached hydrogen (secondary N) is 2. The molecule has 2 atom stereocenters. The molecule has 0 aromatic heterocycles. The van der Waals surface area contributed by atoms with Crippen LogP contribution >= 0.6 is 0 Å². The first-order chi connectivity index (χ1) is 11.5. The minimum absolute atomic E-state index is 0.0858. The van der Waals surface area contributed by atoms with Crippen molar-refractivity contribution in [3.63, 3.8) is 0 Å². The summed E-state index contributed by atoms with van der Waals surface area (Å²) in [5.74, 6) is 2.27. The fourth-order valence-electron chi connectivity index (χ4n) is 6.11. The zero-order chi connectivity index (χ0) is 16.5. The van der Waals surface area contributed by atoms with Gasteiger partial charge >= 0.3 is 0 Å². The van der Waals surface area contributed by atoms with Gasteiger partial charge in [0.2, 0.25) is 13.0 Å². The SMILES string of the molecule is CCCC12C[NH+]3CC(C)(C[NH+](C1)C3c1ccc3c(c1)OCO3)C2=O. The van der Waals surface area contributed by atoms with E-state index in [0.717, 1.165) is 50.5 Å². The Hall–Kier alpha value is -1.59. The largest absolute Gasteiger partial charge is 0.454 e. The maximum Gasteiger partial charge on any atom is 0.240 e. The number of carbonyl (C=O) groups is 1. The van der Waals surface area contributed by atoms with Gasteiger partial charge in [-0.3, -0.25) is 14.6 Å². The van der Waals surface area contributed by atoms with Gasteiger partial charge in [0.15, 0.2) is 17.3 Å². The summed E-state index contributed by atoms with van der Waals surface area (Å²) >= 11 is 0. The highest BCUT2D eigenvalue weighted by Crippen LogP contribution is 2.40. The average Bonchev–Trinajstić information content (AvgIpc) is 2.99. The van der Waals surface area contributed by atoms with Crippen LogP contribution in [0.4, 0.5) is 0 Å². The second kappa shape index (κ2) is 4.73. The lowest BCUT2D eigenvalue weighted by molar-refractivity contribution is -1.18. The van der Waals surface area contributed by atoms with Crippen molar-refractivity contribution in [3.8, 4) is 11.5 Å². The summed E-state index contributed by atoms with van der Waals surface area (Å²) in [5, 5.41) is 0. The van der Waals surface area contributed by atoms with Crippen LogP contribution in [-0.4, -0.2) is 38.8 Å². The van der Waals surface area contributed by atoms with Crippen LogP contribution < -0.4 is 19.3 Å². The highest BCUT2D eigenvalue weighted by molar-refractivity contribution is 5.91. The van der Waals surface area contributed by atoms with E-state index in [1.54, 1.807) is 9.80 Å². The first-order valence-corrected chi connectivity index (χ1v) is 9.18. The van der Waals surface area contributed by atoms with Crippen LogP contribution in [0.2, 0.25) is 0 Å². The van der Waals surface area contributed by atoms with Crippen molar-refractivity contribution in [1.29, 1.82) is 0 Å². The van der Waals surface area contributed by atoms with Crippen molar-refractivity contribution in [2.45, 2.75) is 32.9 Å². The van der Waals surface area contributed by atoms with E-state index in [2.05, 4.69) is 26.0 Å². The van der Waals surface area contributed by atoms with Crippen LogP contribution in [0.3, 0.4) is 0 Å². The number of benzene rings is 1. The predicted molar refractivity (Wildman–Crippen MR) is 87.2 cm³/mol. The van der Waals surface area contributed by atoms with Gasteiger partial charge in [-0.05, 0) is 31.5 Å². The molecule has 4 saturated heterocycles. The highest BCUT2D eigenvalue weighted by Gasteiger charge is 2.69. The molecule has 0 radical (unpaired) electrons. The molecule has 2 N–H and O–H groups in total. The zero-order valence-electron chi connectivity index (χ0n) is 14.5. The number of carbonyl (C=O) groups excluding carboxylic acids is 1. The van der Waals surface area contributed by atoms with Crippen LogP contribution in [0.15, 0.2) is 18.2 Å². The number of Topliss-reactive ketones (excluding diaryl/α,β-unsaturated/α-hetero) is 1. The zero-order valence-corrected chi connectivity index (χ0v) is 14.5. The number of rotatable bonds is 3. The summed E-state index contributed by atoms with van der Waals surface area (Å²) in [5.41, 5.74) is 1.10. The smallest absolute Gasteiger partial charge is 0.240 e. The molecular formula is C19H26N2O3+2. The molecule has 5 nitrogen and oxygen atoms in total. The summed E-state index contributed by atoms with van der Waals surface area (Å²) in [6, 6.07) is 6.39. The Labute approximate surface area is 142 Å². The van der Waals surface area contributed by atoms with Crippen LogP contribution in [0, 0.1) is 10.8 Å². The van der Waals surface area contributed by atoms with E-state index in [0.29, 0.717) is 18.7 Å². The van der Waals surface area contributed by atoms with E-state index in [1.807, 2.05) is 6.07 Å². The average molecular weight is 330 g/mol. The fourth-order valence-corrected chi connectivity index (χ4v) is 6.11. The van der Waals surface area contributed by atoms with E-state index in [-0.39, 0.29) is 10.8 Å². The molecule has 128 valence electrons. The molecule has 1 aromatic carbocycles. The van der Waals surface area contributed by atoms with Crippen LogP contribution in [0.5, 0.6) is 11.5 Å². The van der Waals surface area contributed by atoms with Gasteiger partial charge in [-0.1, -0.05) is 13.3 Å². The van der Waals surface area contributed by atoms with Crippen LogP contribution in [0.25, 0.3) is 0 Å². The third-order valence-electron chi connectivity index (χ3n) is 6.67. The molecule has 6 rings (SSSR count). The second-order valence-electron chi connectivity index (χ2n) is 8.49. The van der Waals surface area contributed by atoms with Crippen LogP contribution in [-0.2, 0) is 4.79 Å². The summed E-state index contributed by atoms with van der Waals surface area (Å²) in [7, 11) is 0. The molecule has 1 aromatic rings. The molecule has 4 fully saturated rings. The number of ketones is 1. The third kappa shape index (κ3) is 1.80. The van der Waals surface area contributed by atoms with Gasteiger partial charge < -0.3 is 9.47 Å². The lowest BCUT2D eigenvalue weighted by Gasteiger charge is -2.59. The molecule has 0 amide bonds. The number of hydrogen-bond acceptors (Lipinski definition) is 3. The van der Waals surface area contributed by atoms with E-state index in [1.165, 1.54) is 5.56 Å². The fraction of sp³-hybridized carbons (Fsp3) is 0.632. The molecule has 5 aliphatic rings. The van der Waals surface area contributed by atoms with Crippen molar-refractivity contribution in [2.75, 3.05) is 33.0 Å². The Bertz CT molecular complexity index is 701. The lowest BCUT2D eigenvalue weighted by Crippen LogP contribution is -3.41. The molecule has 4 bridgehead atoms. The number of ether oxygens (including phenoxy) is 2. The molecular weight excluding hydrogens is 304 g/mol. The Balaban J connectivity index is 1.53. The maximum absolute atomic E-state index is 13.1. The maximum atomic E-state index is 13.1. The Morgan fingerprint density at radius 1 is 1.12 bits per heavy atom. The van der Waals surface area contributed by atoms with E-state index in [4.69, 9.17) is 9.47 Å². The van der Waals surface area contributed by atoms with E-state index >= 15 is 0 Å². The Morgan fingerprint density at radius 3 is 2.54 bits per heavy atom. The summed E-state index contributed by atoms with van der Waals surface area (Å²) in [4.78, 5) is 16.3. The monoisotopic (exact) mass is 330 g/mol. The minimum atomic E-state index is -0.136. The van der Waals surface area contributed by atoms with Crippen molar-refractivity contribution < 1.29 is 24.1 Å². The lowest BCUT2D eigenvalue weighted by atomic mass is 9.59. The molecule has 5 heterocycles. The normalized spacial score (nSPS) is 41.9. The van der Waals surface area contributed by atoms with Crippen molar-refractivity contribution in [3.05, 3.63) is 23.8 Å². The van der Waals surface area contributed by atoms with Crippen molar-refractivity contribution in [2.24, 2.45) is 10.8 Å². The Kier molecular flexibility index (Phi) is 2.90. The first-order valence-electron chi connectivity index (χ1n) is 9.18. The van der Waals surface area contributed by atoms with Gasteiger partial charge in [0.1, 0.15) is 23.9 Å². The van der Waals surface area contributed by atoms with Crippen molar-refractivity contribution in [1.82, 2.24) is 0 Å². The van der Waals surface area contributed by atoms with Gasteiger partial charge in [-0.25, -0.2) is 0 Å². The summed E-state index contributed by atoms with van der Waals surface area (Å²) < 4.78 is 11.0. The van der Waals surface area contributed by atoms with Gasteiger partial charge in [-0.15, -0.1) is 0 Å². The Morgan fingerprint density at radius 2 is 1.83 bits per heavy atom. The third-order valence-corrected chi connectivity index (χ3v) is 6.67. The molecule has 0 aliphatic carbocycles. The van der Waals surface area contributed by atoms with Crippen LogP contribution in [0.1, 0.15) is 38.4 Å². The summed E-state index contributed by atoms with van der Waals surface area (Å²) in [6.45, 7) is 8.67. The number of hydrogen-bond donors (Lipinski definition) is 2. The topological polar surface area (TPSA) is 44.4 Å². The molecule has 5 heteroatoms. The van der Waals surface area contributed by atoms with Gasteiger partial charge in [0, 0.05) is 0 Å². The number of fused-ring (bicyclic) bond motifs is 1. The molecule has 24 heavy (non-hydrogen) atoms. The van der Waals surface area contributed by atoms with Gasteiger partial charge in [-0.2, -0.15) is 0 Å². The first kappa shape index (κ1) is 14.7. The quantitative estimate of drug-likeness (QED) is 0.792. The second-order valence-corrected chi connectivity index (χ2v) is 8.49. The minimum Gasteiger partial charge on any atom is -0.454 e. The number of quaternary nitrogens is 2. The molecule has 2 unspecified atom stereocenters. The molecule has 0 saturated carbocycles. The highest BCUT2D eigenvalue weighted by atomic mass is 16.7. The van der Waals surface area contributed by atoms with Gasteiger partial charge in [0.05, 0.1) is 18.7 Å². The molecule has 0 spiro atoms. The predicted octanol–water partition coefficient (Wildman–Crippen LogP) is -0.414. The number of piperidine rings is 2. The van der Waals surface area contributed by atoms with Crippen molar-refractivity contribution >= 4 is 5.78 Å². The van der Waals surface area contributed by atoms with Gasteiger partial charge in [0.25, 0.3) is 0 Å².